The van der Waals surface area contributed by atoms with Crippen LogP contribution >= 0.6 is 0 Å². The highest BCUT2D eigenvalue weighted by Gasteiger charge is 2.44. The van der Waals surface area contributed by atoms with E-state index in [2.05, 4.69) is 6.08 Å². The Morgan fingerprint density at radius 1 is 1.00 bits per heavy atom. The van der Waals surface area contributed by atoms with Crippen LogP contribution in [-0.4, -0.2) is 32.1 Å². The lowest BCUT2D eigenvalue weighted by molar-refractivity contribution is -0.107. The molecule has 5 rings (SSSR count). The zero-order chi connectivity index (χ0) is 19.0. The fourth-order valence-electron chi connectivity index (χ4n) is 5.63. The summed E-state index contributed by atoms with van der Waals surface area (Å²) >= 11 is 0. The van der Waals surface area contributed by atoms with Crippen LogP contribution < -0.4 is 0 Å². The van der Waals surface area contributed by atoms with Crippen LogP contribution in [0.3, 0.4) is 0 Å². The summed E-state index contributed by atoms with van der Waals surface area (Å²) in [7, 11) is -3.59. The summed E-state index contributed by atoms with van der Waals surface area (Å²) in [6.07, 6.45) is 9.78. The van der Waals surface area contributed by atoms with Crippen LogP contribution in [0.4, 0.5) is 0 Å². The molecule has 0 atom stereocenters. The van der Waals surface area contributed by atoms with Crippen molar-refractivity contribution >= 4 is 16.3 Å². The second-order valence-corrected chi connectivity index (χ2v) is 10.6. The van der Waals surface area contributed by atoms with Crippen LogP contribution in [0.5, 0.6) is 0 Å². The summed E-state index contributed by atoms with van der Waals surface area (Å²) < 4.78 is 27.7. The first-order valence-corrected chi connectivity index (χ1v) is 11.6. The van der Waals surface area contributed by atoms with Gasteiger partial charge in [-0.3, -0.25) is 0 Å². The maximum absolute atomic E-state index is 13.1. The smallest absolute Gasteiger partial charge is 0.243 e. The first-order chi connectivity index (χ1) is 13.0. The average Bonchev–Trinajstić information content (AvgIpc) is 2.63. The predicted octanol–water partition coefficient (Wildman–Crippen LogP) is 3.96. The monoisotopic (exact) mass is 387 g/mol. The molecule has 0 spiro atoms. The topological polar surface area (TPSA) is 54.5 Å². The molecule has 146 valence electrons. The summed E-state index contributed by atoms with van der Waals surface area (Å²) in [5, 5.41) is 0. The van der Waals surface area contributed by atoms with E-state index in [1.807, 2.05) is 19.1 Å². The van der Waals surface area contributed by atoms with Gasteiger partial charge in [0.25, 0.3) is 0 Å². The van der Waals surface area contributed by atoms with Crippen molar-refractivity contribution in [3.05, 3.63) is 41.5 Å². The lowest BCUT2D eigenvalue weighted by atomic mass is 9.54. The molecule has 0 unspecified atom stereocenters. The predicted molar refractivity (Wildman–Crippen MR) is 106 cm³/mol. The van der Waals surface area contributed by atoms with Crippen molar-refractivity contribution in [1.82, 2.24) is 4.31 Å². The minimum absolute atomic E-state index is 0.227. The lowest BCUT2D eigenvalue weighted by Gasteiger charge is -2.51. The van der Waals surface area contributed by atoms with Crippen LogP contribution in [0.2, 0.25) is 0 Å². The van der Waals surface area contributed by atoms with E-state index >= 15 is 0 Å². The number of benzene rings is 1. The van der Waals surface area contributed by atoms with Gasteiger partial charge in [0.1, 0.15) is 6.29 Å². The highest BCUT2D eigenvalue weighted by atomic mass is 32.2. The number of hydrogen-bond donors (Lipinski definition) is 0. The Morgan fingerprint density at radius 2 is 1.59 bits per heavy atom. The van der Waals surface area contributed by atoms with Crippen molar-refractivity contribution in [2.75, 3.05) is 13.1 Å². The molecule has 4 aliphatic carbocycles. The number of hydrogen-bond acceptors (Lipinski definition) is 3. The van der Waals surface area contributed by atoms with Crippen LogP contribution in [0, 0.1) is 30.6 Å². The number of aldehydes is 1. The number of carbonyl (C=O) groups is 1. The first kappa shape index (κ1) is 18.9. The molecule has 27 heavy (non-hydrogen) atoms. The first-order valence-electron chi connectivity index (χ1n) is 10.2. The largest absolute Gasteiger partial charge is 0.303 e. The van der Waals surface area contributed by atoms with E-state index in [0.717, 1.165) is 23.7 Å². The maximum Gasteiger partial charge on any atom is 0.243 e. The Balaban J connectivity index is 1.55. The fourth-order valence-corrected chi connectivity index (χ4v) is 7.03. The van der Waals surface area contributed by atoms with Crippen molar-refractivity contribution in [1.29, 1.82) is 0 Å². The van der Waals surface area contributed by atoms with Gasteiger partial charge in [0, 0.05) is 19.5 Å². The Morgan fingerprint density at radius 3 is 2.15 bits per heavy atom. The quantitative estimate of drug-likeness (QED) is 0.526. The third-order valence-electron chi connectivity index (χ3n) is 6.77. The molecular weight excluding hydrogens is 358 g/mol. The number of sulfonamides is 1. The van der Waals surface area contributed by atoms with Gasteiger partial charge in [-0.25, -0.2) is 8.42 Å². The van der Waals surface area contributed by atoms with Gasteiger partial charge >= 0.3 is 0 Å². The van der Waals surface area contributed by atoms with Gasteiger partial charge in [0.15, 0.2) is 0 Å². The molecule has 0 aromatic heterocycles. The van der Waals surface area contributed by atoms with E-state index in [1.54, 1.807) is 12.1 Å². The van der Waals surface area contributed by atoms with Crippen molar-refractivity contribution in [2.24, 2.45) is 23.7 Å². The van der Waals surface area contributed by atoms with Gasteiger partial charge in [-0.1, -0.05) is 29.3 Å². The van der Waals surface area contributed by atoms with Crippen molar-refractivity contribution in [3.8, 4) is 0 Å². The molecule has 4 nitrogen and oxygen atoms in total. The SMILES string of the molecule is Cc1ccc(S(=O)(=O)N(CC=C2C3CC4CC(C3)CC2C4)CCC=O)cc1. The summed E-state index contributed by atoms with van der Waals surface area (Å²) in [5.41, 5.74) is 2.53. The number of aryl methyl sites for hydroxylation is 1. The highest BCUT2D eigenvalue weighted by molar-refractivity contribution is 7.89. The van der Waals surface area contributed by atoms with Gasteiger partial charge in [-0.05, 0) is 74.8 Å². The zero-order valence-electron chi connectivity index (χ0n) is 16.0. The average molecular weight is 388 g/mol. The molecule has 0 amide bonds. The van der Waals surface area contributed by atoms with Gasteiger partial charge < -0.3 is 4.79 Å². The molecule has 4 bridgehead atoms. The number of nitrogens with zero attached hydrogens (tertiary/aromatic N) is 1. The molecule has 1 aromatic carbocycles. The van der Waals surface area contributed by atoms with Gasteiger partial charge in [-0.2, -0.15) is 4.31 Å². The minimum atomic E-state index is -3.59. The molecule has 4 fully saturated rings. The lowest BCUT2D eigenvalue weighted by Crippen LogP contribution is -2.41. The third-order valence-corrected chi connectivity index (χ3v) is 8.65. The highest BCUT2D eigenvalue weighted by Crippen LogP contribution is 2.56. The summed E-state index contributed by atoms with van der Waals surface area (Å²) in [6, 6.07) is 6.96. The Bertz CT molecular complexity index is 796. The summed E-state index contributed by atoms with van der Waals surface area (Å²) in [6.45, 7) is 2.56. The Kier molecular flexibility index (Phi) is 5.26. The third kappa shape index (κ3) is 3.77. The van der Waals surface area contributed by atoms with E-state index in [-0.39, 0.29) is 13.0 Å². The van der Waals surface area contributed by atoms with E-state index in [1.165, 1.54) is 42.0 Å². The maximum atomic E-state index is 13.1. The second kappa shape index (κ2) is 7.51. The van der Waals surface area contributed by atoms with Gasteiger partial charge in [0.2, 0.25) is 10.0 Å². The number of carbonyl (C=O) groups excluding carboxylic acids is 1. The van der Waals surface area contributed by atoms with Crippen LogP contribution in [0.1, 0.15) is 44.1 Å². The molecule has 0 N–H and O–H groups in total. The van der Waals surface area contributed by atoms with E-state index in [0.29, 0.717) is 23.3 Å². The molecular formula is C22H29NO3S. The van der Waals surface area contributed by atoms with E-state index < -0.39 is 10.0 Å². The van der Waals surface area contributed by atoms with E-state index in [4.69, 9.17) is 0 Å². The fraction of sp³-hybridized carbons (Fsp3) is 0.591. The minimum Gasteiger partial charge on any atom is -0.303 e. The molecule has 4 saturated carbocycles. The summed E-state index contributed by atoms with van der Waals surface area (Å²) in [5.74, 6) is 3.12. The normalized spacial score (nSPS) is 29.3. The summed E-state index contributed by atoms with van der Waals surface area (Å²) in [4.78, 5) is 11.2. The van der Waals surface area contributed by atoms with E-state index in [9.17, 15) is 13.2 Å². The Hall–Kier alpha value is -1.46. The van der Waals surface area contributed by atoms with Gasteiger partial charge in [0.05, 0.1) is 4.90 Å². The van der Waals surface area contributed by atoms with Crippen LogP contribution in [0.15, 0.2) is 40.8 Å². The molecule has 4 aliphatic rings. The zero-order valence-corrected chi connectivity index (χ0v) is 16.8. The number of rotatable bonds is 7. The molecule has 0 radical (unpaired) electrons. The molecule has 0 saturated heterocycles. The van der Waals surface area contributed by atoms with Crippen molar-refractivity contribution in [3.63, 3.8) is 0 Å². The second-order valence-electron chi connectivity index (χ2n) is 8.64. The Labute approximate surface area is 162 Å². The molecule has 0 aliphatic heterocycles. The van der Waals surface area contributed by atoms with Crippen molar-refractivity contribution < 1.29 is 13.2 Å². The van der Waals surface area contributed by atoms with Crippen molar-refractivity contribution in [2.45, 2.75) is 50.3 Å². The van der Waals surface area contributed by atoms with Crippen LogP contribution in [0.25, 0.3) is 0 Å². The molecule has 0 heterocycles. The van der Waals surface area contributed by atoms with Crippen LogP contribution in [-0.2, 0) is 14.8 Å². The molecule has 1 aromatic rings. The van der Waals surface area contributed by atoms with Gasteiger partial charge in [-0.15, -0.1) is 0 Å². The standard InChI is InChI=1S/C22H29NO3S/c1-16-3-5-21(6-4-16)27(25,26)23(8-2-10-24)9-7-22-19-12-17-11-18(14-19)15-20(22)13-17/h3-7,10,17-20H,2,8-9,11-15H2,1H3. The molecule has 5 heteroatoms. The number of allylic oxidation sites excluding steroid dienone is 1.